The van der Waals surface area contributed by atoms with Crippen molar-refractivity contribution in [1.82, 2.24) is 0 Å². The molecule has 1 aliphatic rings. The Labute approximate surface area is 294 Å². The first-order valence-electron chi connectivity index (χ1n) is 17.2. The topological polar surface area (TPSA) is 55.4 Å². The second kappa shape index (κ2) is 17.2. The molecule has 0 saturated carbocycles. The molecule has 0 unspecified atom stereocenters. The van der Waals surface area contributed by atoms with Crippen LogP contribution in [0.25, 0.3) is 10.8 Å². The van der Waals surface area contributed by atoms with E-state index in [-0.39, 0.29) is 6.61 Å². The van der Waals surface area contributed by atoms with Crippen LogP contribution in [0.1, 0.15) is 22.3 Å². The van der Waals surface area contributed by atoms with Crippen LogP contribution in [-0.4, -0.2) is 37.3 Å². The van der Waals surface area contributed by atoms with Crippen molar-refractivity contribution in [3.05, 3.63) is 186 Å². The average Bonchev–Trinajstić information content (AvgIpc) is 3.18. The highest BCUT2D eigenvalue weighted by Gasteiger charge is 2.49. The lowest BCUT2D eigenvalue weighted by atomic mass is 9.97. The zero-order chi connectivity index (χ0) is 33.8. The molecule has 0 aromatic heterocycles. The van der Waals surface area contributed by atoms with Crippen LogP contribution in [0, 0.1) is 0 Å². The maximum Gasteiger partial charge on any atom is 0.229 e. The third-order valence-corrected chi connectivity index (χ3v) is 8.81. The smallest absolute Gasteiger partial charge is 0.229 e. The highest BCUT2D eigenvalue weighted by Crippen LogP contribution is 2.33. The van der Waals surface area contributed by atoms with Gasteiger partial charge in [-0.05, 0) is 45.2 Å². The van der Waals surface area contributed by atoms with E-state index < -0.39 is 30.7 Å². The van der Waals surface area contributed by atoms with Gasteiger partial charge in [0.25, 0.3) is 0 Å². The Morgan fingerprint density at radius 3 is 1.44 bits per heavy atom. The summed E-state index contributed by atoms with van der Waals surface area (Å²) in [6, 6.07) is 54.8. The highest BCUT2D eigenvalue weighted by molar-refractivity contribution is 5.83. The van der Waals surface area contributed by atoms with Gasteiger partial charge >= 0.3 is 0 Å². The van der Waals surface area contributed by atoms with Crippen LogP contribution < -0.4 is 4.74 Å². The minimum atomic E-state index is -0.817. The van der Waals surface area contributed by atoms with Gasteiger partial charge in [0.05, 0.1) is 33.0 Å². The second-order valence-corrected chi connectivity index (χ2v) is 12.5. The molecule has 1 heterocycles. The molecular weight excluding hydrogens is 624 g/mol. The first-order chi connectivity index (χ1) is 24.8. The van der Waals surface area contributed by atoms with E-state index in [2.05, 4.69) is 54.6 Å². The molecule has 6 aromatic carbocycles. The van der Waals surface area contributed by atoms with Crippen LogP contribution in [0.2, 0.25) is 0 Å². The van der Waals surface area contributed by atoms with Gasteiger partial charge in [-0.2, -0.15) is 0 Å². The minimum absolute atomic E-state index is 0.266. The van der Waals surface area contributed by atoms with E-state index in [0.717, 1.165) is 33.0 Å². The standard InChI is InChI=1S/C44H42O6/c1-5-15-33(16-6-1)28-45-32-40-41(46-29-34-17-7-2-8-18-34)42(47-30-35-19-9-3-10-20-35)43(48-31-36-21-11-4-12-22-36)44(50-40)49-39-26-25-37-23-13-14-24-38(37)27-39/h1-27,40-44H,28-32H2/t40-,41-,42+,43-,44-/m1/s1. The number of fused-ring (bicyclic) bond motifs is 1. The predicted octanol–water partition coefficient (Wildman–Crippen LogP) is 8.92. The summed E-state index contributed by atoms with van der Waals surface area (Å²) in [6.45, 7) is 1.78. The molecule has 0 bridgehead atoms. The fourth-order valence-corrected chi connectivity index (χ4v) is 6.22. The lowest BCUT2D eigenvalue weighted by Gasteiger charge is -2.45. The minimum Gasteiger partial charge on any atom is -0.462 e. The molecule has 6 heteroatoms. The van der Waals surface area contributed by atoms with Gasteiger partial charge in [-0.15, -0.1) is 0 Å². The molecule has 50 heavy (non-hydrogen) atoms. The number of rotatable bonds is 15. The molecule has 6 aromatic rings. The van der Waals surface area contributed by atoms with Crippen LogP contribution in [-0.2, 0) is 50.1 Å². The Kier molecular flexibility index (Phi) is 11.6. The number of benzene rings is 6. The van der Waals surface area contributed by atoms with Gasteiger partial charge in [-0.25, -0.2) is 0 Å². The zero-order valence-corrected chi connectivity index (χ0v) is 28.0. The molecule has 1 fully saturated rings. The van der Waals surface area contributed by atoms with E-state index in [1.807, 2.05) is 109 Å². The van der Waals surface area contributed by atoms with Crippen LogP contribution in [0.4, 0.5) is 0 Å². The second-order valence-electron chi connectivity index (χ2n) is 12.5. The SMILES string of the molecule is c1ccc(COC[C@H]2O[C@@H](Oc3ccc4ccccc4c3)[C@H](OCc3ccccc3)[C@@H](OCc3ccccc3)[C@@H]2OCc2ccccc2)cc1. The summed E-state index contributed by atoms with van der Waals surface area (Å²) in [6.07, 6.45) is -3.08. The molecule has 1 aliphatic heterocycles. The number of hydrogen-bond donors (Lipinski definition) is 0. The summed E-state index contributed by atoms with van der Waals surface area (Å²) in [5, 5.41) is 2.21. The average molecular weight is 667 g/mol. The predicted molar refractivity (Wildman–Crippen MR) is 194 cm³/mol. The van der Waals surface area contributed by atoms with Crippen LogP contribution in [0.3, 0.4) is 0 Å². The molecule has 0 radical (unpaired) electrons. The molecule has 0 amide bonds. The fourth-order valence-electron chi connectivity index (χ4n) is 6.22. The molecule has 6 nitrogen and oxygen atoms in total. The Balaban J connectivity index is 1.22. The fraction of sp³-hybridized carbons (Fsp3) is 0.227. The summed E-state index contributed by atoms with van der Waals surface area (Å²) in [7, 11) is 0. The summed E-state index contributed by atoms with van der Waals surface area (Å²) in [5.74, 6) is 0.677. The molecule has 5 atom stereocenters. The van der Waals surface area contributed by atoms with Gasteiger partial charge < -0.3 is 28.4 Å². The van der Waals surface area contributed by atoms with Gasteiger partial charge in [-0.3, -0.25) is 0 Å². The van der Waals surface area contributed by atoms with E-state index in [1.165, 1.54) is 0 Å². The highest BCUT2D eigenvalue weighted by atomic mass is 16.7. The molecule has 0 spiro atoms. The van der Waals surface area contributed by atoms with Crippen molar-refractivity contribution in [1.29, 1.82) is 0 Å². The maximum absolute atomic E-state index is 6.85. The molecule has 7 rings (SSSR count). The summed E-state index contributed by atoms with van der Waals surface area (Å²) in [5.41, 5.74) is 4.21. The molecule has 254 valence electrons. The maximum atomic E-state index is 6.85. The molecular formula is C44H42O6. The van der Waals surface area contributed by atoms with Crippen LogP contribution in [0.15, 0.2) is 164 Å². The van der Waals surface area contributed by atoms with Gasteiger partial charge in [0.15, 0.2) is 0 Å². The Morgan fingerprint density at radius 2 is 0.880 bits per heavy atom. The van der Waals surface area contributed by atoms with Crippen molar-refractivity contribution >= 4 is 10.8 Å². The van der Waals surface area contributed by atoms with E-state index in [9.17, 15) is 0 Å². The summed E-state index contributed by atoms with van der Waals surface area (Å²) in [4.78, 5) is 0. The third kappa shape index (κ3) is 9.04. The van der Waals surface area contributed by atoms with Crippen molar-refractivity contribution in [2.24, 2.45) is 0 Å². The zero-order valence-electron chi connectivity index (χ0n) is 28.0. The first kappa shape index (κ1) is 33.7. The van der Waals surface area contributed by atoms with Gasteiger partial charge in [0, 0.05) is 0 Å². The van der Waals surface area contributed by atoms with Crippen LogP contribution >= 0.6 is 0 Å². The van der Waals surface area contributed by atoms with Gasteiger partial charge in [-0.1, -0.05) is 152 Å². The van der Waals surface area contributed by atoms with Crippen molar-refractivity contribution in [3.63, 3.8) is 0 Å². The molecule has 0 aliphatic carbocycles. The quantitative estimate of drug-likeness (QED) is 0.109. The van der Waals surface area contributed by atoms with E-state index in [1.54, 1.807) is 0 Å². The molecule has 1 saturated heterocycles. The first-order valence-corrected chi connectivity index (χ1v) is 17.2. The van der Waals surface area contributed by atoms with Gasteiger partial charge in [0.1, 0.15) is 30.2 Å². The number of ether oxygens (including phenoxy) is 6. The van der Waals surface area contributed by atoms with Crippen molar-refractivity contribution in [3.8, 4) is 5.75 Å². The van der Waals surface area contributed by atoms with Crippen molar-refractivity contribution in [2.75, 3.05) is 6.61 Å². The number of hydrogen-bond acceptors (Lipinski definition) is 6. The van der Waals surface area contributed by atoms with Crippen molar-refractivity contribution < 1.29 is 28.4 Å². The molecule has 0 N–H and O–H groups in total. The van der Waals surface area contributed by atoms with Crippen molar-refractivity contribution in [2.45, 2.75) is 57.1 Å². The van der Waals surface area contributed by atoms with Crippen LogP contribution in [0.5, 0.6) is 5.75 Å². The Bertz CT molecular complexity index is 1870. The van der Waals surface area contributed by atoms with Gasteiger partial charge in [0.2, 0.25) is 6.29 Å². The third-order valence-electron chi connectivity index (χ3n) is 8.81. The summed E-state index contributed by atoms with van der Waals surface area (Å²) >= 11 is 0. The normalized spacial score (nSPS) is 20.4. The lowest BCUT2D eigenvalue weighted by molar-refractivity contribution is -0.310. The van der Waals surface area contributed by atoms with E-state index in [4.69, 9.17) is 28.4 Å². The lowest BCUT2D eigenvalue weighted by Crippen LogP contribution is -2.62. The Morgan fingerprint density at radius 1 is 0.420 bits per heavy atom. The largest absolute Gasteiger partial charge is 0.462 e. The van der Waals surface area contributed by atoms with E-state index in [0.29, 0.717) is 32.2 Å². The van der Waals surface area contributed by atoms with E-state index >= 15 is 0 Å². The Hall–Kier alpha value is -4.82. The monoisotopic (exact) mass is 666 g/mol. The summed E-state index contributed by atoms with van der Waals surface area (Å²) < 4.78 is 40.2.